The second-order valence-corrected chi connectivity index (χ2v) is 11.0. The third kappa shape index (κ3) is 11.7. The van der Waals surface area contributed by atoms with E-state index in [0.29, 0.717) is 5.75 Å². The summed E-state index contributed by atoms with van der Waals surface area (Å²) in [6.45, 7) is 13.3. The van der Waals surface area contributed by atoms with E-state index in [2.05, 4.69) is 10.6 Å². The normalized spacial score (nSPS) is 13.6. The minimum absolute atomic E-state index is 0.0896. The smallest absolute Gasteiger partial charge is 0.408 e. The number of benzene rings is 1. The molecular formula is C23H36N2O5S. The summed E-state index contributed by atoms with van der Waals surface area (Å²) in [5, 5.41) is 5.40. The largest absolute Gasteiger partial charge is 0.464 e. The van der Waals surface area contributed by atoms with Crippen molar-refractivity contribution in [3.05, 3.63) is 35.9 Å². The van der Waals surface area contributed by atoms with Crippen LogP contribution < -0.4 is 10.6 Å². The fraction of sp³-hybridized carbons (Fsp3) is 0.609. The number of esters is 1. The van der Waals surface area contributed by atoms with Crippen LogP contribution in [0.25, 0.3) is 0 Å². The van der Waals surface area contributed by atoms with Gasteiger partial charge in [0.15, 0.2) is 0 Å². The maximum atomic E-state index is 13.1. The van der Waals surface area contributed by atoms with Crippen molar-refractivity contribution in [1.82, 2.24) is 10.6 Å². The van der Waals surface area contributed by atoms with E-state index in [-0.39, 0.29) is 17.8 Å². The fourth-order valence-corrected chi connectivity index (χ4v) is 3.41. The molecule has 0 heterocycles. The van der Waals surface area contributed by atoms with Crippen LogP contribution in [0.3, 0.4) is 0 Å². The van der Waals surface area contributed by atoms with E-state index in [1.54, 1.807) is 39.5 Å². The van der Waals surface area contributed by atoms with Crippen LogP contribution in [-0.2, 0) is 25.5 Å². The summed E-state index contributed by atoms with van der Waals surface area (Å²) in [6.07, 6.45) is -0.436. The summed E-state index contributed by atoms with van der Waals surface area (Å²) < 4.78 is 10.4. The number of hydrogen-bond acceptors (Lipinski definition) is 6. The van der Waals surface area contributed by atoms with Gasteiger partial charge >= 0.3 is 12.1 Å². The summed E-state index contributed by atoms with van der Waals surface area (Å²) in [6, 6.07) is 7.60. The molecule has 0 radical (unpaired) electrons. The summed E-state index contributed by atoms with van der Waals surface area (Å²) in [7, 11) is 0. The first kappa shape index (κ1) is 26.8. The topological polar surface area (TPSA) is 93.7 Å². The number of alkyl carbamates (subject to hydrolysis) is 1. The number of carbonyl (C=O) groups excluding carboxylic acids is 3. The van der Waals surface area contributed by atoms with Crippen molar-refractivity contribution < 1.29 is 23.9 Å². The lowest BCUT2D eigenvalue weighted by Gasteiger charge is -2.26. The van der Waals surface area contributed by atoms with Crippen molar-refractivity contribution in [3.63, 3.8) is 0 Å². The highest BCUT2D eigenvalue weighted by Gasteiger charge is 2.30. The van der Waals surface area contributed by atoms with Crippen LogP contribution in [0.4, 0.5) is 4.79 Å². The zero-order valence-electron chi connectivity index (χ0n) is 19.6. The summed E-state index contributed by atoms with van der Waals surface area (Å²) in [5.41, 5.74) is 0.171. The predicted octanol–water partition coefficient (Wildman–Crippen LogP) is 3.70. The highest BCUT2D eigenvalue weighted by Crippen LogP contribution is 2.24. The molecular weight excluding hydrogens is 416 g/mol. The molecule has 0 spiro atoms. The molecule has 0 bridgehead atoms. The highest BCUT2D eigenvalue weighted by atomic mass is 32.2. The Morgan fingerprint density at radius 3 is 2.10 bits per heavy atom. The molecule has 1 aromatic carbocycles. The van der Waals surface area contributed by atoms with Gasteiger partial charge in [-0.1, -0.05) is 51.1 Å². The van der Waals surface area contributed by atoms with E-state index in [4.69, 9.17) is 9.47 Å². The third-order valence-corrected chi connectivity index (χ3v) is 5.23. The Labute approximate surface area is 190 Å². The minimum Gasteiger partial charge on any atom is -0.464 e. The Hall–Kier alpha value is -2.22. The van der Waals surface area contributed by atoms with Gasteiger partial charge < -0.3 is 20.1 Å². The maximum Gasteiger partial charge on any atom is 0.408 e. The second-order valence-electron chi connectivity index (χ2n) is 9.13. The standard InChI is InChI=1S/C23H36N2O5S/c1-8-29-20(27)18(15-31-23(5,6)7)24-19(26)17(14-16-12-10-9-11-13-16)25-21(28)30-22(2,3)4/h9-13,17-18H,8,14-15H2,1-7H3,(H,24,26)(H,25,28). The zero-order valence-corrected chi connectivity index (χ0v) is 20.4. The monoisotopic (exact) mass is 452 g/mol. The van der Waals surface area contributed by atoms with E-state index >= 15 is 0 Å². The van der Waals surface area contributed by atoms with Crippen LogP contribution in [0.5, 0.6) is 0 Å². The lowest BCUT2D eigenvalue weighted by Crippen LogP contribution is -2.54. The molecule has 8 heteroatoms. The first-order valence-electron chi connectivity index (χ1n) is 10.4. The average Bonchev–Trinajstić information content (AvgIpc) is 2.63. The molecule has 0 aromatic heterocycles. The van der Waals surface area contributed by atoms with Crippen LogP contribution in [0.1, 0.15) is 54.0 Å². The highest BCUT2D eigenvalue weighted by molar-refractivity contribution is 8.00. The van der Waals surface area contributed by atoms with Crippen LogP contribution in [0.15, 0.2) is 30.3 Å². The number of ether oxygens (including phenoxy) is 2. The van der Waals surface area contributed by atoms with E-state index in [0.717, 1.165) is 5.56 Å². The second kappa shape index (κ2) is 12.0. The van der Waals surface area contributed by atoms with Gasteiger partial charge in [-0.05, 0) is 33.3 Å². The van der Waals surface area contributed by atoms with Gasteiger partial charge in [-0.15, -0.1) is 0 Å². The van der Waals surface area contributed by atoms with Crippen LogP contribution in [-0.4, -0.2) is 52.8 Å². The van der Waals surface area contributed by atoms with Gasteiger partial charge in [-0.3, -0.25) is 4.79 Å². The maximum absolute atomic E-state index is 13.1. The Balaban J connectivity index is 2.99. The van der Waals surface area contributed by atoms with Gasteiger partial charge in [0.2, 0.25) is 5.91 Å². The number of nitrogens with one attached hydrogen (secondary N) is 2. The Kier molecular flexibility index (Phi) is 10.4. The van der Waals surface area contributed by atoms with Crippen molar-refractivity contribution in [1.29, 1.82) is 0 Å². The molecule has 0 aliphatic heterocycles. The average molecular weight is 453 g/mol. The molecule has 0 fully saturated rings. The van der Waals surface area contributed by atoms with Gasteiger partial charge in [0.05, 0.1) is 6.61 Å². The predicted molar refractivity (Wildman–Crippen MR) is 124 cm³/mol. The molecule has 0 saturated carbocycles. The first-order valence-corrected chi connectivity index (χ1v) is 11.4. The molecule has 0 aliphatic rings. The molecule has 2 unspecified atom stereocenters. The van der Waals surface area contributed by atoms with E-state index in [9.17, 15) is 14.4 Å². The summed E-state index contributed by atoms with van der Waals surface area (Å²) in [4.78, 5) is 37.9. The number of thioether (sulfide) groups is 1. The quantitative estimate of drug-likeness (QED) is 0.555. The molecule has 1 aromatic rings. The van der Waals surface area contributed by atoms with Crippen molar-refractivity contribution >= 4 is 29.7 Å². The van der Waals surface area contributed by atoms with E-state index in [1.807, 2.05) is 51.1 Å². The van der Waals surface area contributed by atoms with Crippen LogP contribution in [0.2, 0.25) is 0 Å². The van der Waals surface area contributed by atoms with Gasteiger partial charge in [-0.25, -0.2) is 9.59 Å². The molecule has 2 amide bonds. The minimum atomic E-state index is -0.909. The lowest BCUT2D eigenvalue weighted by atomic mass is 10.1. The summed E-state index contributed by atoms with van der Waals surface area (Å²) >= 11 is 1.55. The third-order valence-electron chi connectivity index (χ3n) is 3.86. The van der Waals surface area contributed by atoms with Crippen molar-refractivity contribution in [2.45, 2.75) is 77.3 Å². The van der Waals surface area contributed by atoms with Crippen molar-refractivity contribution in [2.75, 3.05) is 12.4 Å². The zero-order chi connectivity index (χ0) is 23.7. The molecule has 174 valence electrons. The van der Waals surface area contributed by atoms with Gasteiger partial charge in [0, 0.05) is 16.9 Å². The Morgan fingerprint density at radius 1 is 0.968 bits per heavy atom. The summed E-state index contributed by atoms with van der Waals surface area (Å²) in [5.74, 6) is -0.607. The van der Waals surface area contributed by atoms with E-state index in [1.165, 1.54) is 0 Å². The number of carbonyl (C=O) groups is 3. The van der Waals surface area contributed by atoms with Gasteiger partial charge in [-0.2, -0.15) is 11.8 Å². The molecule has 2 atom stereocenters. The Bertz CT molecular complexity index is 726. The van der Waals surface area contributed by atoms with Gasteiger partial charge in [0.1, 0.15) is 17.7 Å². The van der Waals surface area contributed by atoms with Crippen LogP contribution >= 0.6 is 11.8 Å². The first-order chi connectivity index (χ1) is 14.3. The number of rotatable bonds is 9. The Morgan fingerprint density at radius 2 is 1.58 bits per heavy atom. The molecule has 7 nitrogen and oxygen atoms in total. The van der Waals surface area contributed by atoms with E-state index < -0.39 is 35.7 Å². The fourth-order valence-electron chi connectivity index (χ4n) is 2.53. The molecule has 31 heavy (non-hydrogen) atoms. The molecule has 0 saturated heterocycles. The number of hydrogen-bond donors (Lipinski definition) is 2. The van der Waals surface area contributed by atoms with Crippen molar-refractivity contribution in [3.8, 4) is 0 Å². The molecule has 0 aliphatic carbocycles. The SMILES string of the molecule is CCOC(=O)C(CSC(C)(C)C)NC(=O)C(Cc1ccccc1)NC(=O)OC(C)(C)C. The molecule has 2 N–H and O–H groups in total. The van der Waals surface area contributed by atoms with Crippen molar-refractivity contribution in [2.24, 2.45) is 0 Å². The number of amides is 2. The molecule has 1 rings (SSSR count). The van der Waals surface area contributed by atoms with Crippen LogP contribution in [0, 0.1) is 0 Å². The lowest BCUT2D eigenvalue weighted by molar-refractivity contribution is -0.146. The van der Waals surface area contributed by atoms with Gasteiger partial charge in [0.25, 0.3) is 0 Å².